The second-order valence-electron chi connectivity index (χ2n) is 3.54. The van der Waals surface area contributed by atoms with Crippen LogP contribution in [0.2, 0.25) is 0 Å². The summed E-state index contributed by atoms with van der Waals surface area (Å²) in [7, 11) is 0. The van der Waals surface area contributed by atoms with Crippen LogP contribution < -0.4 is 11.3 Å². The third kappa shape index (κ3) is 1.77. The number of hydrogen-bond donors (Lipinski definition) is 2. The molecule has 84 valence electrons. The molecule has 0 spiro atoms. The Labute approximate surface area is 92.1 Å². The van der Waals surface area contributed by atoms with Crippen molar-refractivity contribution < 1.29 is 5.11 Å². The zero-order valence-electron chi connectivity index (χ0n) is 8.76. The Morgan fingerprint density at radius 2 is 2.00 bits per heavy atom. The number of fused-ring (bicyclic) bond motifs is 1. The Morgan fingerprint density at radius 1 is 1.31 bits per heavy atom. The van der Waals surface area contributed by atoms with Gasteiger partial charge in [-0.1, -0.05) is 18.2 Å². The molecule has 5 nitrogen and oxygen atoms in total. The van der Waals surface area contributed by atoms with Crippen LogP contribution in [0.15, 0.2) is 29.1 Å². The number of hydrogen-bond acceptors (Lipinski definition) is 4. The van der Waals surface area contributed by atoms with Crippen molar-refractivity contribution in [3.05, 3.63) is 34.6 Å². The molecule has 0 amide bonds. The molecule has 0 saturated carbocycles. The standard InChI is InChI=1S/C11H13N3O2/c12-10-8-4-1-2-5-9(8)11(16)14(13-10)6-3-7-15/h1-2,4-5,15H,3,6-7H2,(H2,12,13). The minimum atomic E-state index is -0.168. The van der Waals surface area contributed by atoms with Crippen LogP contribution in [0.25, 0.3) is 10.8 Å². The van der Waals surface area contributed by atoms with Crippen LogP contribution in [0, 0.1) is 0 Å². The van der Waals surface area contributed by atoms with E-state index < -0.39 is 0 Å². The number of aryl methyl sites for hydroxylation is 1. The van der Waals surface area contributed by atoms with E-state index in [-0.39, 0.29) is 12.2 Å². The van der Waals surface area contributed by atoms with Gasteiger partial charge in [0.2, 0.25) is 0 Å². The summed E-state index contributed by atoms with van der Waals surface area (Å²) in [6.07, 6.45) is 0.491. The lowest BCUT2D eigenvalue weighted by atomic mass is 10.2. The fourth-order valence-electron chi connectivity index (χ4n) is 1.63. The SMILES string of the molecule is Nc1nn(CCCO)c(=O)c2ccccc12. The van der Waals surface area contributed by atoms with E-state index in [1.807, 2.05) is 6.07 Å². The van der Waals surface area contributed by atoms with Crippen molar-refractivity contribution in [2.45, 2.75) is 13.0 Å². The molecule has 0 aliphatic heterocycles. The van der Waals surface area contributed by atoms with Gasteiger partial charge in [-0.15, -0.1) is 0 Å². The topological polar surface area (TPSA) is 81.1 Å². The van der Waals surface area contributed by atoms with Crippen molar-refractivity contribution in [1.82, 2.24) is 9.78 Å². The second kappa shape index (κ2) is 4.32. The van der Waals surface area contributed by atoms with Crippen molar-refractivity contribution >= 4 is 16.6 Å². The lowest BCUT2D eigenvalue weighted by Gasteiger charge is -2.07. The number of benzene rings is 1. The zero-order chi connectivity index (χ0) is 11.5. The molecule has 5 heteroatoms. The maximum Gasteiger partial charge on any atom is 0.274 e. The van der Waals surface area contributed by atoms with Gasteiger partial charge in [-0.3, -0.25) is 4.79 Å². The molecular formula is C11H13N3O2. The molecule has 1 aromatic carbocycles. The maximum atomic E-state index is 11.9. The van der Waals surface area contributed by atoms with Crippen LogP contribution in [0.1, 0.15) is 6.42 Å². The number of nitrogens with two attached hydrogens (primary N) is 1. The van der Waals surface area contributed by atoms with Gasteiger partial charge >= 0.3 is 0 Å². The van der Waals surface area contributed by atoms with Crippen molar-refractivity contribution in [1.29, 1.82) is 0 Å². The Morgan fingerprint density at radius 3 is 2.69 bits per heavy atom. The van der Waals surface area contributed by atoms with Crippen molar-refractivity contribution in [3.63, 3.8) is 0 Å². The molecule has 2 rings (SSSR count). The molecule has 0 atom stereocenters. The van der Waals surface area contributed by atoms with Gasteiger partial charge in [-0.05, 0) is 12.5 Å². The van der Waals surface area contributed by atoms with Gasteiger partial charge in [0.25, 0.3) is 5.56 Å². The van der Waals surface area contributed by atoms with Gasteiger partial charge in [0.15, 0.2) is 5.82 Å². The van der Waals surface area contributed by atoms with Crippen LogP contribution in [0.5, 0.6) is 0 Å². The quantitative estimate of drug-likeness (QED) is 0.781. The Kier molecular flexibility index (Phi) is 2.87. The van der Waals surface area contributed by atoms with E-state index in [2.05, 4.69) is 5.10 Å². The van der Waals surface area contributed by atoms with E-state index in [4.69, 9.17) is 10.8 Å². The Bertz CT molecular complexity index is 563. The van der Waals surface area contributed by atoms with Gasteiger partial charge in [-0.25, -0.2) is 4.68 Å². The summed E-state index contributed by atoms with van der Waals surface area (Å²) in [6, 6.07) is 7.11. The number of anilines is 1. The first-order chi connectivity index (χ1) is 7.74. The highest BCUT2D eigenvalue weighted by Crippen LogP contribution is 2.14. The van der Waals surface area contributed by atoms with Gasteiger partial charge in [0.1, 0.15) is 0 Å². The molecular weight excluding hydrogens is 206 g/mol. The maximum absolute atomic E-state index is 11.9. The monoisotopic (exact) mass is 219 g/mol. The highest BCUT2D eigenvalue weighted by molar-refractivity contribution is 5.89. The first kappa shape index (κ1) is 10.6. The average molecular weight is 219 g/mol. The molecule has 16 heavy (non-hydrogen) atoms. The van der Waals surface area contributed by atoms with E-state index in [1.165, 1.54) is 4.68 Å². The minimum absolute atomic E-state index is 0.0286. The first-order valence-electron chi connectivity index (χ1n) is 5.10. The third-order valence-corrected chi connectivity index (χ3v) is 2.42. The van der Waals surface area contributed by atoms with Crippen LogP contribution in [0.4, 0.5) is 5.82 Å². The molecule has 0 aliphatic carbocycles. The predicted molar refractivity (Wildman–Crippen MR) is 62.1 cm³/mol. The summed E-state index contributed by atoms with van der Waals surface area (Å²) < 4.78 is 1.30. The normalized spacial score (nSPS) is 10.8. The summed E-state index contributed by atoms with van der Waals surface area (Å²) in [5.74, 6) is 0.341. The molecule has 1 heterocycles. The average Bonchev–Trinajstić information content (AvgIpc) is 2.32. The van der Waals surface area contributed by atoms with E-state index in [9.17, 15) is 4.79 Å². The number of aliphatic hydroxyl groups is 1. The highest BCUT2D eigenvalue weighted by atomic mass is 16.3. The first-order valence-corrected chi connectivity index (χ1v) is 5.10. The molecule has 0 fully saturated rings. The Balaban J connectivity index is 2.61. The molecule has 3 N–H and O–H groups in total. The third-order valence-electron chi connectivity index (χ3n) is 2.42. The predicted octanol–water partition coefficient (Wildman–Crippen LogP) is 0.361. The summed E-state index contributed by atoms with van der Waals surface area (Å²) >= 11 is 0. The highest BCUT2D eigenvalue weighted by Gasteiger charge is 2.06. The van der Waals surface area contributed by atoms with Crippen molar-refractivity contribution in [3.8, 4) is 0 Å². The van der Waals surface area contributed by atoms with Crippen LogP contribution in [0.3, 0.4) is 0 Å². The fourth-order valence-corrected chi connectivity index (χ4v) is 1.63. The molecule has 0 aliphatic rings. The number of nitrogens with zero attached hydrogens (tertiary/aromatic N) is 2. The van der Waals surface area contributed by atoms with E-state index >= 15 is 0 Å². The van der Waals surface area contributed by atoms with Gasteiger partial charge < -0.3 is 10.8 Å². The number of rotatable bonds is 3. The molecule has 0 radical (unpaired) electrons. The molecule has 0 bridgehead atoms. The van der Waals surface area contributed by atoms with Gasteiger partial charge in [0.05, 0.1) is 5.39 Å². The van der Waals surface area contributed by atoms with Crippen LogP contribution in [-0.4, -0.2) is 21.5 Å². The lowest BCUT2D eigenvalue weighted by Crippen LogP contribution is -2.24. The van der Waals surface area contributed by atoms with E-state index in [1.54, 1.807) is 18.2 Å². The number of nitrogen functional groups attached to an aromatic ring is 1. The van der Waals surface area contributed by atoms with Crippen molar-refractivity contribution in [2.75, 3.05) is 12.3 Å². The summed E-state index contributed by atoms with van der Waals surface area (Å²) in [5.41, 5.74) is 5.60. The molecule has 2 aromatic rings. The summed E-state index contributed by atoms with van der Waals surface area (Å²) in [5, 5.41) is 14.0. The smallest absolute Gasteiger partial charge is 0.274 e. The van der Waals surface area contributed by atoms with Gasteiger partial charge in [-0.2, -0.15) is 5.10 Å². The largest absolute Gasteiger partial charge is 0.396 e. The summed E-state index contributed by atoms with van der Waals surface area (Å²) in [6.45, 7) is 0.408. The lowest BCUT2D eigenvalue weighted by molar-refractivity contribution is 0.276. The van der Waals surface area contributed by atoms with Crippen molar-refractivity contribution in [2.24, 2.45) is 0 Å². The van der Waals surface area contributed by atoms with Crippen LogP contribution >= 0.6 is 0 Å². The molecule has 1 aromatic heterocycles. The molecule has 0 saturated heterocycles. The zero-order valence-corrected chi connectivity index (χ0v) is 8.76. The van der Waals surface area contributed by atoms with Gasteiger partial charge in [0, 0.05) is 18.5 Å². The number of aromatic nitrogens is 2. The van der Waals surface area contributed by atoms with E-state index in [0.717, 1.165) is 0 Å². The van der Waals surface area contributed by atoms with E-state index in [0.29, 0.717) is 29.6 Å². The Hall–Kier alpha value is -1.88. The molecule has 0 unspecified atom stereocenters. The number of aliphatic hydroxyl groups excluding tert-OH is 1. The summed E-state index contributed by atoms with van der Waals surface area (Å²) in [4.78, 5) is 11.9. The minimum Gasteiger partial charge on any atom is -0.396 e. The van der Waals surface area contributed by atoms with Crippen LogP contribution in [-0.2, 0) is 6.54 Å². The fraction of sp³-hybridized carbons (Fsp3) is 0.273. The second-order valence-corrected chi connectivity index (χ2v) is 3.54.